The number of hydrogen-bond donors (Lipinski definition) is 0. The number of para-hydroxylation sites is 1. The van der Waals surface area contributed by atoms with E-state index in [0.717, 1.165) is 37.5 Å². The Kier molecular flexibility index (Phi) is 5.29. The molecule has 0 bridgehead atoms. The van der Waals surface area contributed by atoms with Crippen molar-refractivity contribution in [3.63, 3.8) is 0 Å². The largest absolute Gasteiger partial charge is 0.462 e. The van der Waals surface area contributed by atoms with Crippen LogP contribution in [0.1, 0.15) is 28.4 Å². The minimum Gasteiger partial charge on any atom is -0.462 e. The maximum atomic E-state index is 12.2. The third kappa shape index (κ3) is 3.72. The van der Waals surface area contributed by atoms with Gasteiger partial charge < -0.3 is 14.5 Å². The molecule has 0 atom stereocenters. The van der Waals surface area contributed by atoms with Crippen molar-refractivity contribution in [2.24, 2.45) is 0 Å². The van der Waals surface area contributed by atoms with Gasteiger partial charge in [0.05, 0.1) is 12.1 Å². The molecule has 0 amide bonds. The molecule has 4 rings (SSSR count). The van der Waals surface area contributed by atoms with Crippen molar-refractivity contribution >= 4 is 28.5 Å². The quantitative estimate of drug-likeness (QED) is 0.633. The van der Waals surface area contributed by atoms with Crippen molar-refractivity contribution in [1.29, 1.82) is 0 Å². The van der Waals surface area contributed by atoms with Gasteiger partial charge in [0, 0.05) is 37.8 Å². The number of anilines is 2. The van der Waals surface area contributed by atoms with Gasteiger partial charge in [-0.3, -0.25) is 0 Å². The average Bonchev–Trinajstić information content (AvgIpc) is 2.75. The highest BCUT2D eigenvalue weighted by Crippen LogP contribution is 2.26. The van der Waals surface area contributed by atoms with Crippen LogP contribution in [0.3, 0.4) is 0 Å². The molecule has 29 heavy (non-hydrogen) atoms. The smallest absolute Gasteiger partial charge is 0.343 e. The molecular formula is C22H25N5O2. The molecule has 2 aromatic heterocycles. The molecule has 1 aromatic carbocycles. The van der Waals surface area contributed by atoms with E-state index >= 15 is 0 Å². The Hall–Kier alpha value is -3.22. The number of benzene rings is 1. The zero-order valence-corrected chi connectivity index (χ0v) is 17.1. The van der Waals surface area contributed by atoms with Gasteiger partial charge in [0.25, 0.3) is 0 Å². The normalized spacial score (nSPS) is 14.3. The first-order chi connectivity index (χ1) is 14.1. The summed E-state index contributed by atoms with van der Waals surface area (Å²) in [6.45, 7) is 9.45. The summed E-state index contributed by atoms with van der Waals surface area (Å²) in [6, 6.07) is 8.46. The molecule has 1 aliphatic heterocycles. The number of carbonyl (C=O) groups is 1. The van der Waals surface area contributed by atoms with Crippen LogP contribution in [-0.2, 0) is 4.74 Å². The van der Waals surface area contributed by atoms with Gasteiger partial charge in [-0.25, -0.2) is 19.7 Å². The van der Waals surface area contributed by atoms with Crippen molar-refractivity contribution in [3.8, 4) is 0 Å². The van der Waals surface area contributed by atoms with Crippen LogP contribution in [0.15, 0.2) is 36.8 Å². The number of pyridine rings is 1. The number of aromatic nitrogens is 3. The Bertz CT molecular complexity index is 1040. The fourth-order valence-corrected chi connectivity index (χ4v) is 3.78. The van der Waals surface area contributed by atoms with Crippen LogP contribution in [0, 0.1) is 13.8 Å². The van der Waals surface area contributed by atoms with E-state index in [9.17, 15) is 4.79 Å². The zero-order chi connectivity index (χ0) is 20.4. The molecule has 0 spiro atoms. The van der Waals surface area contributed by atoms with E-state index in [4.69, 9.17) is 9.72 Å². The Morgan fingerprint density at radius 1 is 1.10 bits per heavy atom. The molecule has 0 N–H and O–H groups in total. The third-order valence-corrected chi connectivity index (χ3v) is 5.32. The molecule has 1 saturated heterocycles. The molecule has 0 unspecified atom stereocenters. The number of rotatable bonds is 4. The van der Waals surface area contributed by atoms with Gasteiger partial charge in [0.1, 0.15) is 23.5 Å². The summed E-state index contributed by atoms with van der Waals surface area (Å²) in [7, 11) is 0. The summed E-state index contributed by atoms with van der Waals surface area (Å²) in [6.07, 6.45) is 3.01. The molecule has 150 valence electrons. The van der Waals surface area contributed by atoms with E-state index in [1.165, 1.54) is 29.0 Å². The average molecular weight is 391 g/mol. The summed E-state index contributed by atoms with van der Waals surface area (Å²) in [5.74, 6) is 1.25. The number of esters is 1. The number of nitrogens with zero attached hydrogens (tertiary/aromatic N) is 5. The minimum atomic E-state index is -0.382. The fraction of sp³-hybridized carbons (Fsp3) is 0.364. The predicted octanol–water partition coefficient (Wildman–Crippen LogP) is 3.14. The molecule has 0 saturated carbocycles. The highest BCUT2D eigenvalue weighted by atomic mass is 16.5. The van der Waals surface area contributed by atoms with Crippen LogP contribution in [0.2, 0.25) is 0 Å². The summed E-state index contributed by atoms with van der Waals surface area (Å²) >= 11 is 0. The van der Waals surface area contributed by atoms with E-state index in [0.29, 0.717) is 18.0 Å². The maximum Gasteiger partial charge on any atom is 0.343 e. The van der Waals surface area contributed by atoms with Gasteiger partial charge >= 0.3 is 5.97 Å². The standard InChI is InChI=1S/C22H25N5O2/c1-4-29-22(28)18-13-23-14-24-21(18)27-10-8-26(9-11-27)19-12-16(3)17-7-5-6-15(2)20(17)25-19/h5-7,12-14H,4,8-11H2,1-3H3. The lowest BCUT2D eigenvalue weighted by molar-refractivity contribution is 0.0526. The van der Waals surface area contributed by atoms with Gasteiger partial charge in [-0.15, -0.1) is 0 Å². The van der Waals surface area contributed by atoms with E-state index in [1.54, 1.807) is 6.92 Å². The van der Waals surface area contributed by atoms with Gasteiger partial charge in [-0.1, -0.05) is 18.2 Å². The van der Waals surface area contributed by atoms with Gasteiger partial charge in [0.2, 0.25) is 0 Å². The van der Waals surface area contributed by atoms with Crippen LogP contribution in [-0.4, -0.2) is 53.7 Å². The van der Waals surface area contributed by atoms with Gasteiger partial charge in [0.15, 0.2) is 0 Å². The first-order valence-corrected chi connectivity index (χ1v) is 9.92. The number of fused-ring (bicyclic) bond motifs is 1. The summed E-state index contributed by atoms with van der Waals surface area (Å²) in [4.78, 5) is 29.9. The van der Waals surface area contributed by atoms with Crippen LogP contribution in [0.5, 0.6) is 0 Å². The van der Waals surface area contributed by atoms with Crippen molar-refractivity contribution in [2.45, 2.75) is 20.8 Å². The van der Waals surface area contributed by atoms with Crippen molar-refractivity contribution in [1.82, 2.24) is 15.0 Å². The Balaban J connectivity index is 1.55. The Labute approximate surface area is 170 Å². The topological polar surface area (TPSA) is 71.5 Å². The lowest BCUT2D eigenvalue weighted by Crippen LogP contribution is -2.47. The highest BCUT2D eigenvalue weighted by Gasteiger charge is 2.24. The summed E-state index contributed by atoms with van der Waals surface area (Å²) in [5.41, 5.74) is 3.89. The number of carbonyl (C=O) groups excluding carboxylic acids is 1. The van der Waals surface area contributed by atoms with E-state index in [1.807, 2.05) is 0 Å². The molecule has 1 aliphatic rings. The van der Waals surface area contributed by atoms with Crippen LogP contribution >= 0.6 is 0 Å². The zero-order valence-electron chi connectivity index (χ0n) is 17.1. The van der Waals surface area contributed by atoms with Crippen LogP contribution in [0.4, 0.5) is 11.6 Å². The van der Waals surface area contributed by atoms with Crippen molar-refractivity contribution in [3.05, 3.63) is 53.5 Å². The monoisotopic (exact) mass is 391 g/mol. The van der Waals surface area contributed by atoms with Gasteiger partial charge in [-0.05, 0) is 38.0 Å². The molecule has 7 nitrogen and oxygen atoms in total. The molecule has 7 heteroatoms. The van der Waals surface area contributed by atoms with Crippen molar-refractivity contribution < 1.29 is 9.53 Å². The van der Waals surface area contributed by atoms with Crippen molar-refractivity contribution in [2.75, 3.05) is 42.6 Å². The van der Waals surface area contributed by atoms with E-state index in [-0.39, 0.29) is 5.97 Å². The highest BCUT2D eigenvalue weighted by molar-refractivity contribution is 5.94. The minimum absolute atomic E-state index is 0.327. The second kappa shape index (κ2) is 8.03. The van der Waals surface area contributed by atoms with E-state index < -0.39 is 0 Å². The second-order valence-corrected chi connectivity index (χ2v) is 7.22. The lowest BCUT2D eigenvalue weighted by atomic mass is 10.1. The third-order valence-electron chi connectivity index (χ3n) is 5.32. The second-order valence-electron chi connectivity index (χ2n) is 7.22. The van der Waals surface area contributed by atoms with Crippen LogP contribution in [0.25, 0.3) is 10.9 Å². The molecule has 3 heterocycles. The van der Waals surface area contributed by atoms with Gasteiger partial charge in [-0.2, -0.15) is 0 Å². The molecule has 1 fully saturated rings. The molecular weight excluding hydrogens is 366 g/mol. The Morgan fingerprint density at radius 3 is 2.62 bits per heavy atom. The molecule has 0 aliphatic carbocycles. The number of piperazine rings is 1. The first kappa shape index (κ1) is 19.1. The number of hydrogen-bond acceptors (Lipinski definition) is 7. The van der Waals surface area contributed by atoms with E-state index in [2.05, 4.69) is 57.9 Å². The number of ether oxygens (including phenoxy) is 1. The lowest BCUT2D eigenvalue weighted by Gasteiger charge is -2.36. The first-order valence-electron chi connectivity index (χ1n) is 9.92. The summed E-state index contributed by atoms with van der Waals surface area (Å²) in [5, 5.41) is 1.20. The predicted molar refractivity (Wildman–Crippen MR) is 114 cm³/mol. The maximum absolute atomic E-state index is 12.2. The Morgan fingerprint density at radius 2 is 1.86 bits per heavy atom. The molecule has 3 aromatic rings. The number of aryl methyl sites for hydroxylation is 2. The SMILES string of the molecule is CCOC(=O)c1cncnc1N1CCN(c2cc(C)c3cccc(C)c3n2)CC1. The van der Waals surface area contributed by atoms with Crippen LogP contribution < -0.4 is 9.80 Å². The summed E-state index contributed by atoms with van der Waals surface area (Å²) < 4.78 is 5.15. The fourth-order valence-electron chi connectivity index (χ4n) is 3.78. The molecule has 0 radical (unpaired) electrons.